The van der Waals surface area contributed by atoms with Gasteiger partial charge in [-0.1, -0.05) is 176 Å². The maximum Gasteiger partial charge on any atom is 0.143 e. The Morgan fingerprint density at radius 3 is 1.78 bits per heavy atom. The zero-order chi connectivity index (χ0) is 42.8. The zero-order valence-electron chi connectivity index (χ0n) is 35.3. The fourth-order valence-corrected chi connectivity index (χ4v) is 9.97. The maximum atomic E-state index is 6.67. The second-order valence-electron chi connectivity index (χ2n) is 16.8. The summed E-state index contributed by atoms with van der Waals surface area (Å²) in [5.41, 5.74) is 15.9. The third-order valence-electron chi connectivity index (χ3n) is 13.1. The lowest BCUT2D eigenvalue weighted by atomic mass is 9.93. The van der Waals surface area contributed by atoms with Crippen LogP contribution in [0.25, 0.3) is 110 Å². The number of anilines is 3. The lowest BCUT2D eigenvalue weighted by Gasteiger charge is -2.29. The molecule has 65 heavy (non-hydrogen) atoms. The summed E-state index contributed by atoms with van der Waals surface area (Å²) in [5.74, 6) is 0. The fourth-order valence-electron chi connectivity index (χ4n) is 9.97. The highest BCUT2D eigenvalue weighted by Crippen LogP contribution is 2.46. The first-order chi connectivity index (χ1) is 32.2. The van der Waals surface area contributed by atoms with Crippen molar-refractivity contribution >= 4 is 82.5 Å². The molecule has 0 aliphatic heterocycles. The third kappa shape index (κ3) is 6.20. The molecule has 0 N–H and O–H groups in total. The monoisotopic (exact) mass is 829 g/mol. The van der Waals surface area contributed by atoms with Crippen LogP contribution in [0, 0.1) is 0 Å². The molecule has 3 nitrogen and oxygen atoms in total. The molecule has 2 heterocycles. The molecular formula is C62H39NO2. The maximum absolute atomic E-state index is 6.67. The van der Waals surface area contributed by atoms with Gasteiger partial charge >= 0.3 is 0 Å². The molecule has 13 aromatic rings. The van der Waals surface area contributed by atoms with Crippen LogP contribution in [-0.4, -0.2) is 0 Å². The van der Waals surface area contributed by atoms with Gasteiger partial charge in [-0.3, -0.25) is 0 Å². The van der Waals surface area contributed by atoms with Gasteiger partial charge in [0.1, 0.15) is 22.3 Å². The molecule has 0 saturated carbocycles. The van der Waals surface area contributed by atoms with Crippen LogP contribution >= 0.6 is 0 Å². The Kier molecular flexibility index (Phi) is 8.53. The van der Waals surface area contributed by atoms with E-state index in [-0.39, 0.29) is 0 Å². The molecule has 11 aromatic carbocycles. The van der Waals surface area contributed by atoms with Gasteiger partial charge in [-0.05, 0) is 116 Å². The van der Waals surface area contributed by atoms with Gasteiger partial charge in [0.05, 0.1) is 5.69 Å². The van der Waals surface area contributed by atoms with E-state index in [4.69, 9.17) is 8.83 Å². The van der Waals surface area contributed by atoms with Crippen LogP contribution in [0.4, 0.5) is 17.1 Å². The summed E-state index contributed by atoms with van der Waals surface area (Å²) in [6, 6.07) is 84.9. The van der Waals surface area contributed by atoms with E-state index < -0.39 is 0 Å². The Bertz CT molecular complexity index is 3950. The second-order valence-corrected chi connectivity index (χ2v) is 16.8. The van der Waals surface area contributed by atoms with Gasteiger partial charge in [-0.25, -0.2) is 0 Å². The molecule has 0 atom stereocenters. The SMILES string of the molecule is c1ccc(-c2ccc(-c3cccc4ccccc34)cc2N(c2ccc(-c3ccc4oc5ccccc5c4c3)cc2)c2cccc(-c3cccc4oc5c6ccccc6ccc5c34)c2)cc1. The van der Waals surface area contributed by atoms with Gasteiger partial charge in [-0.15, -0.1) is 0 Å². The minimum absolute atomic E-state index is 0.877. The van der Waals surface area contributed by atoms with Crippen molar-refractivity contribution in [3.05, 3.63) is 237 Å². The molecule has 0 unspecified atom stereocenters. The molecule has 2 aromatic heterocycles. The van der Waals surface area contributed by atoms with Crippen LogP contribution in [0.15, 0.2) is 245 Å². The van der Waals surface area contributed by atoms with E-state index in [9.17, 15) is 0 Å². The van der Waals surface area contributed by atoms with Gasteiger partial charge in [0.15, 0.2) is 0 Å². The molecule has 0 radical (unpaired) electrons. The van der Waals surface area contributed by atoms with Crippen molar-refractivity contribution in [1.29, 1.82) is 0 Å². The Hall–Kier alpha value is -8.66. The summed E-state index contributed by atoms with van der Waals surface area (Å²) in [5, 5.41) is 9.20. The number of rotatable bonds is 7. The molecule has 3 heteroatoms. The van der Waals surface area contributed by atoms with Gasteiger partial charge < -0.3 is 13.7 Å². The summed E-state index contributed by atoms with van der Waals surface area (Å²) in [4.78, 5) is 2.43. The largest absolute Gasteiger partial charge is 0.456 e. The zero-order valence-corrected chi connectivity index (χ0v) is 35.3. The van der Waals surface area contributed by atoms with Crippen molar-refractivity contribution in [3.8, 4) is 44.5 Å². The van der Waals surface area contributed by atoms with E-state index in [0.717, 1.165) is 105 Å². The number of nitrogens with zero attached hydrogens (tertiary/aromatic N) is 1. The minimum atomic E-state index is 0.877. The first kappa shape index (κ1) is 36.9. The number of para-hydroxylation sites is 1. The lowest BCUT2D eigenvalue weighted by Crippen LogP contribution is -2.11. The summed E-state index contributed by atoms with van der Waals surface area (Å²) in [7, 11) is 0. The summed E-state index contributed by atoms with van der Waals surface area (Å²) in [6.45, 7) is 0. The topological polar surface area (TPSA) is 29.5 Å². The summed E-state index contributed by atoms with van der Waals surface area (Å²) < 4.78 is 12.9. The molecule has 304 valence electrons. The highest BCUT2D eigenvalue weighted by molar-refractivity contribution is 6.19. The average Bonchev–Trinajstić information content (AvgIpc) is 3.96. The molecule has 0 aliphatic rings. The molecule has 0 spiro atoms. The third-order valence-corrected chi connectivity index (χ3v) is 13.1. The van der Waals surface area contributed by atoms with E-state index in [1.807, 2.05) is 12.1 Å². The number of hydrogen-bond acceptors (Lipinski definition) is 3. The van der Waals surface area contributed by atoms with Crippen molar-refractivity contribution in [1.82, 2.24) is 0 Å². The Labute approximate surface area is 375 Å². The Morgan fingerprint density at radius 1 is 0.277 bits per heavy atom. The van der Waals surface area contributed by atoms with Crippen molar-refractivity contribution < 1.29 is 8.83 Å². The number of benzene rings is 11. The molecule has 0 aliphatic carbocycles. The van der Waals surface area contributed by atoms with E-state index in [2.05, 4.69) is 229 Å². The predicted molar refractivity (Wildman–Crippen MR) is 272 cm³/mol. The number of fused-ring (bicyclic) bond motifs is 9. The quantitative estimate of drug-likeness (QED) is 0.160. The second kappa shape index (κ2) is 15.0. The Morgan fingerprint density at radius 2 is 0.908 bits per heavy atom. The van der Waals surface area contributed by atoms with Gasteiger partial charge in [0.2, 0.25) is 0 Å². The molecule has 0 saturated heterocycles. The number of furan rings is 2. The van der Waals surface area contributed by atoms with Gasteiger partial charge in [0, 0.05) is 43.9 Å². The smallest absolute Gasteiger partial charge is 0.143 e. The van der Waals surface area contributed by atoms with Crippen LogP contribution in [0.3, 0.4) is 0 Å². The van der Waals surface area contributed by atoms with Crippen molar-refractivity contribution in [3.63, 3.8) is 0 Å². The van der Waals surface area contributed by atoms with Gasteiger partial charge in [-0.2, -0.15) is 0 Å². The van der Waals surface area contributed by atoms with E-state index in [1.165, 1.54) is 21.7 Å². The van der Waals surface area contributed by atoms with Crippen LogP contribution in [0.5, 0.6) is 0 Å². The first-order valence-electron chi connectivity index (χ1n) is 22.1. The Balaban J connectivity index is 1.02. The van der Waals surface area contributed by atoms with Crippen LogP contribution in [0.2, 0.25) is 0 Å². The summed E-state index contributed by atoms with van der Waals surface area (Å²) in [6.07, 6.45) is 0. The van der Waals surface area contributed by atoms with Crippen LogP contribution < -0.4 is 4.90 Å². The lowest BCUT2D eigenvalue weighted by molar-refractivity contribution is 0.669. The summed E-state index contributed by atoms with van der Waals surface area (Å²) >= 11 is 0. The number of hydrogen-bond donors (Lipinski definition) is 0. The average molecular weight is 830 g/mol. The predicted octanol–water partition coefficient (Wildman–Crippen LogP) is 17.9. The van der Waals surface area contributed by atoms with E-state index in [0.29, 0.717) is 0 Å². The molecule has 0 fully saturated rings. The normalized spacial score (nSPS) is 11.7. The molecule has 0 amide bonds. The van der Waals surface area contributed by atoms with E-state index >= 15 is 0 Å². The molecular weight excluding hydrogens is 791 g/mol. The van der Waals surface area contributed by atoms with Crippen molar-refractivity contribution in [2.75, 3.05) is 4.90 Å². The highest BCUT2D eigenvalue weighted by atomic mass is 16.3. The minimum Gasteiger partial charge on any atom is -0.456 e. The highest BCUT2D eigenvalue weighted by Gasteiger charge is 2.22. The standard InChI is InChI=1S/C62H39NO2/c1-2-13-42(14-3-1)51-34-30-46(50-23-11-17-41-15-4-6-20-49(41)50)39-57(51)63(47-32-27-40(28-33-47)44-31-36-59-56(38-44)54-22-8-9-25-58(54)64-59)48-19-10-18-45(37-48)52-24-12-26-60-61(52)55-35-29-43-16-5-7-21-53(43)62(55)65-60/h1-39H. The van der Waals surface area contributed by atoms with Crippen molar-refractivity contribution in [2.24, 2.45) is 0 Å². The van der Waals surface area contributed by atoms with Crippen LogP contribution in [-0.2, 0) is 0 Å². The van der Waals surface area contributed by atoms with Crippen molar-refractivity contribution in [2.45, 2.75) is 0 Å². The fraction of sp³-hybridized carbons (Fsp3) is 0. The van der Waals surface area contributed by atoms with Crippen LogP contribution in [0.1, 0.15) is 0 Å². The molecule has 13 rings (SSSR count). The molecule has 0 bridgehead atoms. The first-order valence-corrected chi connectivity index (χ1v) is 22.1. The van der Waals surface area contributed by atoms with Gasteiger partial charge in [0.25, 0.3) is 0 Å². The van der Waals surface area contributed by atoms with E-state index in [1.54, 1.807) is 0 Å².